The number of nitrogens with zero attached hydrogens (tertiary/aromatic N) is 1. The van der Waals surface area contributed by atoms with E-state index in [1.54, 1.807) is 6.07 Å². The lowest BCUT2D eigenvalue weighted by molar-refractivity contribution is -0.118. The van der Waals surface area contributed by atoms with Gasteiger partial charge in [0.15, 0.2) is 11.7 Å². The summed E-state index contributed by atoms with van der Waals surface area (Å²) in [5.74, 6) is 5.83. The van der Waals surface area contributed by atoms with Crippen molar-refractivity contribution in [3.8, 4) is 5.75 Å². The van der Waals surface area contributed by atoms with Crippen molar-refractivity contribution in [2.45, 2.75) is 13.8 Å². The molecule has 1 heterocycles. The summed E-state index contributed by atoms with van der Waals surface area (Å²) in [5, 5.41) is 3.44. The second-order valence-corrected chi connectivity index (χ2v) is 8.44. The maximum Gasteiger partial charge on any atom is 0.262 e. The molecule has 0 aliphatic carbocycles. The number of carbonyl (C=O) groups is 1. The number of rotatable bonds is 5. The zero-order chi connectivity index (χ0) is 18.8. The number of amides is 1. The van der Waals surface area contributed by atoms with E-state index in [1.807, 2.05) is 32.0 Å². The van der Waals surface area contributed by atoms with Crippen LogP contribution in [0.4, 0.5) is 10.8 Å². The van der Waals surface area contributed by atoms with Crippen LogP contribution in [0.25, 0.3) is 10.2 Å². The van der Waals surface area contributed by atoms with Gasteiger partial charge in [-0.1, -0.05) is 17.4 Å². The highest BCUT2D eigenvalue weighted by Crippen LogP contribution is 2.34. The summed E-state index contributed by atoms with van der Waals surface area (Å²) in [6.07, 6.45) is 0. The molecule has 1 aromatic heterocycles. The van der Waals surface area contributed by atoms with Crippen molar-refractivity contribution in [3.05, 3.63) is 44.3 Å². The Morgan fingerprint density at radius 1 is 1.23 bits per heavy atom. The minimum absolute atomic E-state index is 0.0869. The van der Waals surface area contributed by atoms with E-state index in [4.69, 9.17) is 10.6 Å². The third-order valence-corrected chi connectivity index (χ3v) is 5.70. The lowest BCUT2D eigenvalue weighted by Crippen LogP contribution is -2.20. The van der Waals surface area contributed by atoms with Gasteiger partial charge in [0.1, 0.15) is 5.75 Å². The molecule has 3 aromatic rings. The highest BCUT2D eigenvalue weighted by Gasteiger charge is 2.12. The molecule has 0 aliphatic heterocycles. The number of benzene rings is 2. The lowest BCUT2D eigenvalue weighted by atomic mass is 10.1. The predicted octanol–water partition coefficient (Wildman–Crippen LogP) is 4.74. The first-order valence-corrected chi connectivity index (χ1v) is 10.0. The van der Waals surface area contributed by atoms with E-state index >= 15 is 0 Å². The number of hydrogen-bond acceptors (Lipinski definition) is 6. The number of nitrogens with one attached hydrogen (secondary N) is 2. The Labute approximate surface area is 171 Å². The summed E-state index contributed by atoms with van der Waals surface area (Å²) in [6.45, 7) is 3.87. The van der Waals surface area contributed by atoms with Crippen molar-refractivity contribution < 1.29 is 9.53 Å². The minimum Gasteiger partial charge on any atom is -0.482 e. The number of carbonyl (C=O) groups excluding carboxylic acids is 1. The number of hydrogen-bond donors (Lipinski definition) is 3. The van der Waals surface area contributed by atoms with Gasteiger partial charge in [-0.15, -0.1) is 0 Å². The van der Waals surface area contributed by atoms with Crippen molar-refractivity contribution in [3.63, 3.8) is 0 Å². The van der Waals surface area contributed by atoms with Gasteiger partial charge in [-0.2, -0.15) is 0 Å². The summed E-state index contributed by atoms with van der Waals surface area (Å²) in [6, 6.07) is 7.62. The first-order valence-electron chi connectivity index (χ1n) is 7.63. The van der Waals surface area contributed by atoms with Crippen LogP contribution in [-0.2, 0) is 4.79 Å². The number of halogens is 2. The van der Waals surface area contributed by atoms with E-state index < -0.39 is 0 Å². The van der Waals surface area contributed by atoms with Gasteiger partial charge in [0.2, 0.25) is 0 Å². The Balaban J connectivity index is 1.71. The molecular formula is C17H16Br2N4O2S. The summed E-state index contributed by atoms with van der Waals surface area (Å²) < 4.78 is 8.20. The molecular weight excluding hydrogens is 484 g/mol. The van der Waals surface area contributed by atoms with E-state index in [0.29, 0.717) is 16.6 Å². The van der Waals surface area contributed by atoms with Crippen LogP contribution in [0.1, 0.15) is 11.1 Å². The Morgan fingerprint density at radius 2 is 2.00 bits per heavy atom. The largest absolute Gasteiger partial charge is 0.482 e. The summed E-state index contributed by atoms with van der Waals surface area (Å²) in [5.41, 5.74) is 6.07. The highest BCUT2D eigenvalue weighted by atomic mass is 79.9. The summed E-state index contributed by atoms with van der Waals surface area (Å²) in [7, 11) is 0. The first-order chi connectivity index (χ1) is 12.4. The van der Waals surface area contributed by atoms with Crippen LogP contribution in [0.3, 0.4) is 0 Å². The molecule has 9 heteroatoms. The fourth-order valence-corrected chi connectivity index (χ4v) is 4.85. The lowest BCUT2D eigenvalue weighted by Gasteiger charge is -2.12. The Kier molecular flexibility index (Phi) is 5.81. The quantitative estimate of drug-likeness (QED) is 0.348. The average Bonchev–Trinajstić information content (AvgIpc) is 2.97. The molecule has 0 atom stereocenters. The van der Waals surface area contributed by atoms with Crippen LogP contribution >= 0.6 is 43.2 Å². The molecule has 6 nitrogen and oxygen atoms in total. The molecule has 3 rings (SSSR count). The summed E-state index contributed by atoms with van der Waals surface area (Å²) >= 11 is 8.35. The molecule has 4 N–H and O–H groups in total. The normalized spacial score (nSPS) is 10.8. The highest BCUT2D eigenvalue weighted by molar-refractivity contribution is 9.11. The molecule has 136 valence electrons. The average molecular weight is 500 g/mol. The standard InChI is InChI=1S/C17H16Br2N4O2S/c1-8-3-9(2)16(12(19)4-8)25-7-14(24)21-10-5-11(18)15-13(6-10)26-17(22-15)23-20/h3-6H,7,20H2,1-2H3,(H,21,24)(H,22,23). The van der Waals surface area contributed by atoms with Gasteiger partial charge in [0.05, 0.1) is 14.7 Å². The van der Waals surface area contributed by atoms with E-state index in [2.05, 4.69) is 47.6 Å². The summed E-state index contributed by atoms with van der Waals surface area (Å²) in [4.78, 5) is 16.6. The van der Waals surface area contributed by atoms with Crippen LogP contribution < -0.4 is 21.3 Å². The first kappa shape index (κ1) is 19.1. The van der Waals surface area contributed by atoms with Crippen LogP contribution in [0.2, 0.25) is 0 Å². The van der Waals surface area contributed by atoms with Gasteiger partial charge in [0, 0.05) is 10.2 Å². The Bertz CT molecular complexity index is 967. The fraction of sp³-hybridized carbons (Fsp3) is 0.176. The molecule has 0 saturated heterocycles. The van der Waals surface area contributed by atoms with Crippen LogP contribution in [0, 0.1) is 13.8 Å². The topological polar surface area (TPSA) is 89.3 Å². The predicted molar refractivity (Wildman–Crippen MR) is 113 cm³/mol. The smallest absolute Gasteiger partial charge is 0.262 e. The minimum atomic E-state index is -0.246. The number of fused-ring (bicyclic) bond motifs is 1. The molecule has 0 radical (unpaired) electrons. The number of aryl methyl sites for hydroxylation is 2. The van der Waals surface area contributed by atoms with E-state index in [-0.39, 0.29) is 12.5 Å². The molecule has 0 fully saturated rings. The van der Waals surface area contributed by atoms with Gasteiger partial charge in [-0.25, -0.2) is 10.8 Å². The van der Waals surface area contributed by atoms with Gasteiger partial charge < -0.3 is 10.1 Å². The third kappa shape index (κ3) is 4.17. The number of hydrazine groups is 1. The molecule has 0 aliphatic rings. The van der Waals surface area contributed by atoms with Crippen LogP contribution in [0.5, 0.6) is 5.75 Å². The number of nitrogens with two attached hydrogens (primary N) is 1. The molecule has 26 heavy (non-hydrogen) atoms. The second-order valence-electron chi connectivity index (χ2n) is 5.70. The molecule has 1 amide bonds. The third-order valence-electron chi connectivity index (χ3n) is 3.58. The number of anilines is 2. The van der Waals surface area contributed by atoms with E-state index in [0.717, 1.165) is 30.3 Å². The number of aromatic nitrogens is 1. The number of thiazole rings is 1. The van der Waals surface area contributed by atoms with Crippen molar-refractivity contribution in [2.75, 3.05) is 17.3 Å². The van der Waals surface area contributed by atoms with Gasteiger partial charge in [-0.3, -0.25) is 10.2 Å². The molecule has 0 bridgehead atoms. The maximum absolute atomic E-state index is 12.3. The number of nitrogen functional groups attached to an aromatic ring is 1. The maximum atomic E-state index is 12.3. The van der Waals surface area contributed by atoms with E-state index in [1.165, 1.54) is 11.3 Å². The van der Waals surface area contributed by atoms with E-state index in [9.17, 15) is 4.79 Å². The van der Waals surface area contributed by atoms with Crippen LogP contribution in [-0.4, -0.2) is 17.5 Å². The van der Waals surface area contributed by atoms with Gasteiger partial charge in [-0.05, 0) is 75.0 Å². The zero-order valence-corrected chi connectivity index (χ0v) is 18.0. The van der Waals surface area contributed by atoms with Gasteiger partial charge >= 0.3 is 0 Å². The molecule has 0 unspecified atom stereocenters. The SMILES string of the molecule is Cc1cc(C)c(OCC(=O)Nc2cc(Br)c3nc(NN)sc3c2)c(Br)c1. The molecule has 0 saturated carbocycles. The monoisotopic (exact) mass is 498 g/mol. The van der Waals surface area contributed by atoms with Crippen molar-refractivity contribution in [2.24, 2.45) is 5.84 Å². The fourth-order valence-electron chi connectivity index (χ4n) is 2.54. The van der Waals surface area contributed by atoms with Crippen molar-refractivity contribution >= 4 is 70.1 Å². The second kappa shape index (κ2) is 7.91. The Morgan fingerprint density at radius 3 is 2.69 bits per heavy atom. The molecule has 2 aromatic carbocycles. The molecule has 0 spiro atoms. The Hall–Kier alpha value is -1.68. The van der Waals surface area contributed by atoms with Crippen molar-refractivity contribution in [1.82, 2.24) is 4.98 Å². The van der Waals surface area contributed by atoms with Crippen LogP contribution in [0.15, 0.2) is 33.2 Å². The number of ether oxygens (including phenoxy) is 1. The van der Waals surface area contributed by atoms with Gasteiger partial charge in [0.25, 0.3) is 5.91 Å². The van der Waals surface area contributed by atoms with Crippen molar-refractivity contribution in [1.29, 1.82) is 0 Å². The zero-order valence-electron chi connectivity index (χ0n) is 14.0.